The van der Waals surface area contributed by atoms with Crippen LogP contribution in [0.2, 0.25) is 5.02 Å². The monoisotopic (exact) mass is 379 g/mol. The lowest BCUT2D eigenvalue weighted by molar-refractivity contribution is 0.441. The van der Waals surface area contributed by atoms with Crippen molar-refractivity contribution >= 4 is 41.3 Å². The Morgan fingerprint density at radius 3 is 2.46 bits per heavy atom. The molecule has 0 aliphatic carbocycles. The smallest absolute Gasteiger partial charge is 0.0406 e. The number of hydrogen-bond acceptors (Lipinski definition) is 2. The molecule has 24 heavy (non-hydrogen) atoms. The summed E-state index contributed by atoms with van der Waals surface area (Å²) in [7, 11) is 4.30. The lowest BCUT2D eigenvalue weighted by atomic mass is 9.92. The van der Waals surface area contributed by atoms with Gasteiger partial charge in [0.05, 0.1) is 0 Å². The minimum atomic E-state index is 0. The van der Waals surface area contributed by atoms with Gasteiger partial charge in [-0.05, 0) is 61.8 Å². The summed E-state index contributed by atoms with van der Waals surface area (Å²) >= 11 is 8.01. The van der Waals surface area contributed by atoms with E-state index < -0.39 is 0 Å². The third kappa shape index (κ3) is 4.80. The molecular formula is C20H23Cl2NS. The zero-order valence-corrected chi connectivity index (χ0v) is 16.5. The molecule has 0 spiro atoms. The Balaban J connectivity index is 0.00000208. The summed E-state index contributed by atoms with van der Waals surface area (Å²) in [6.07, 6.45) is 2.12. The van der Waals surface area contributed by atoms with Crippen molar-refractivity contribution < 1.29 is 0 Å². The fraction of sp³-hybridized carbons (Fsp3) is 0.300. The highest BCUT2D eigenvalue weighted by Crippen LogP contribution is 2.37. The molecule has 2 aromatic rings. The molecule has 0 bridgehead atoms. The Hall–Kier alpha value is -0.930. The minimum Gasteiger partial charge on any atom is -0.305 e. The van der Waals surface area contributed by atoms with E-state index in [0.717, 1.165) is 30.2 Å². The molecule has 0 saturated carbocycles. The number of likely N-dealkylation sites (N-methyl/N-ethyl adjacent to an activating group) is 1. The first-order chi connectivity index (χ1) is 11.1. The summed E-state index contributed by atoms with van der Waals surface area (Å²) < 4.78 is 0. The molecule has 0 N–H and O–H groups in total. The predicted octanol–water partition coefficient (Wildman–Crippen LogP) is 5.82. The van der Waals surface area contributed by atoms with E-state index in [2.05, 4.69) is 55.4 Å². The van der Waals surface area contributed by atoms with Crippen LogP contribution in [-0.4, -0.2) is 31.3 Å². The zero-order chi connectivity index (χ0) is 16.2. The Morgan fingerprint density at radius 1 is 1.04 bits per heavy atom. The molecule has 128 valence electrons. The highest BCUT2D eigenvalue weighted by molar-refractivity contribution is 7.99. The Bertz CT molecular complexity index is 708. The number of halogens is 2. The van der Waals surface area contributed by atoms with E-state index >= 15 is 0 Å². The van der Waals surface area contributed by atoms with Gasteiger partial charge in [-0.1, -0.05) is 47.5 Å². The highest BCUT2D eigenvalue weighted by atomic mass is 35.5. The van der Waals surface area contributed by atoms with E-state index in [1.165, 1.54) is 21.6 Å². The van der Waals surface area contributed by atoms with E-state index in [-0.39, 0.29) is 12.4 Å². The van der Waals surface area contributed by atoms with Crippen LogP contribution in [0.1, 0.15) is 17.5 Å². The molecule has 2 aromatic carbocycles. The summed E-state index contributed by atoms with van der Waals surface area (Å²) in [5, 5.41) is 0.799. The van der Waals surface area contributed by atoms with Gasteiger partial charge in [-0.15, -0.1) is 24.2 Å². The van der Waals surface area contributed by atoms with Crippen LogP contribution >= 0.6 is 35.8 Å². The van der Waals surface area contributed by atoms with Crippen LogP contribution < -0.4 is 0 Å². The van der Waals surface area contributed by atoms with Crippen LogP contribution in [0.25, 0.3) is 5.57 Å². The predicted molar refractivity (Wildman–Crippen MR) is 110 cm³/mol. The number of allylic oxidation sites excluding steroid dienone is 1. The second kappa shape index (κ2) is 8.96. The fourth-order valence-electron chi connectivity index (χ4n) is 3.05. The second-order valence-electron chi connectivity index (χ2n) is 6.22. The molecule has 0 atom stereocenters. The topological polar surface area (TPSA) is 3.24 Å². The van der Waals surface area contributed by atoms with Gasteiger partial charge in [0, 0.05) is 22.2 Å². The number of thioether (sulfide) groups is 1. The van der Waals surface area contributed by atoms with E-state index in [0.29, 0.717) is 0 Å². The van der Waals surface area contributed by atoms with Crippen molar-refractivity contribution in [3.63, 3.8) is 0 Å². The molecule has 0 saturated heterocycles. The molecule has 1 aliphatic rings. The van der Waals surface area contributed by atoms with Gasteiger partial charge in [0.25, 0.3) is 0 Å². The first kappa shape index (κ1) is 19.4. The third-order valence-corrected chi connectivity index (χ3v) is 5.43. The summed E-state index contributed by atoms with van der Waals surface area (Å²) in [6, 6.07) is 17.1. The van der Waals surface area contributed by atoms with Crippen LogP contribution in [0.4, 0.5) is 0 Å². The molecule has 4 heteroatoms. The highest BCUT2D eigenvalue weighted by Gasteiger charge is 2.18. The Kier molecular flexibility index (Phi) is 7.24. The minimum absolute atomic E-state index is 0. The lowest BCUT2D eigenvalue weighted by Gasteiger charge is -2.18. The third-order valence-electron chi connectivity index (χ3n) is 4.10. The number of fused-ring (bicyclic) bond motifs is 1. The first-order valence-corrected chi connectivity index (χ1v) is 9.32. The summed E-state index contributed by atoms with van der Waals surface area (Å²) in [5.41, 5.74) is 5.77. The van der Waals surface area contributed by atoms with E-state index in [1.54, 1.807) is 5.57 Å². The van der Waals surface area contributed by atoms with Gasteiger partial charge in [-0.25, -0.2) is 0 Å². The molecule has 0 radical (unpaired) electrons. The van der Waals surface area contributed by atoms with Gasteiger partial charge in [0.2, 0.25) is 0 Å². The van der Waals surface area contributed by atoms with Gasteiger partial charge >= 0.3 is 0 Å². The second-order valence-corrected chi connectivity index (χ2v) is 7.79. The van der Waals surface area contributed by atoms with Gasteiger partial charge in [-0.3, -0.25) is 0 Å². The number of nitrogens with zero attached hydrogens (tertiary/aromatic N) is 1. The molecule has 0 amide bonds. The van der Waals surface area contributed by atoms with Crippen molar-refractivity contribution in [1.29, 1.82) is 0 Å². The maximum absolute atomic E-state index is 6.04. The van der Waals surface area contributed by atoms with Gasteiger partial charge in [0.1, 0.15) is 0 Å². The molecule has 0 fully saturated rings. The quantitative estimate of drug-likeness (QED) is 0.658. The average molecular weight is 380 g/mol. The average Bonchev–Trinajstić information content (AvgIpc) is 2.69. The number of rotatable bonds is 4. The molecule has 0 aromatic heterocycles. The van der Waals surface area contributed by atoms with Crippen molar-refractivity contribution in [3.05, 3.63) is 70.3 Å². The SMILES string of the molecule is CN(C)CC1=C(Cc2ccc(Cl)cc2)c2ccccc2SCC1.Cl. The largest absolute Gasteiger partial charge is 0.305 e. The van der Waals surface area contributed by atoms with Crippen molar-refractivity contribution in [2.45, 2.75) is 17.7 Å². The number of benzene rings is 2. The van der Waals surface area contributed by atoms with E-state index in [9.17, 15) is 0 Å². The number of hydrogen-bond donors (Lipinski definition) is 0. The lowest BCUT2D eigenvalue weighted by Crippen LogP contribution is -2.17. The maximum Gasteiger partial charge on any atom is 0.0406 e. The summed E-state index contributed by atoms with van der Waals surface area (Å²) in [6.45, 7) is 1.03. The van der Waals surface area contributed by atoms with Crippen molar-refractivity contribution in [2.24, 2.45) is 0 Å². The molecule has 0 unspecified atom stereocenters. The maximum atomic E-state index is 6.04. The molecule has 1 heterocycles. The van der Waals surface area contributed by atoms with Crippen LogP contribution in [0.3, 0.4) is 0 Å². The van der Waals surface area contributed by atoms with Gasteiger partial charge < -0.3 is 4.90 Å². The van der Waals surface area contributed by atoms with Crippen LogP contribution in [-0.2, 0) is 6.42 Å². The summed E-state index contributed by atoms with van der Waals surface area (Å²) in [4.78, 5) is 3.68. The van der Waals surface area contributed by atoms with Crippen LogP contribution in [0.15, 0.2) is 59.0 Å². The van der Waals surface area contributed by atoms with Crippen molar-refractivity contribution in [2.75, 3.05) is 26.4 Å². The molecule has 1 aliphatic heterocycles. The van der Waals surface area contributed by atoms with Crippen molar-refractivity contribution in [3.8, 4) is 0 Å². The Labute approximate surface area is 160 Å². The Morgan fingerprint density at radius 2 is 1.75 bits per heavy atom. The zero-order valence-electron chi connectivity index (χ0n) is 14.1. The van der Waals surface area contributed by atoms with Gasteiger partial charge in [0.15, 0.2) is 0 Å². The van der Waals surface area contributed by atoms with E-state index in [4.69, 9.17) is 11.6 Å². The van der Waals surface area contributed by atoms with Crippen LogP contribution in [0.5, 0.6) is 0 Å². The fourth-order valence-corrected chi connectivity index (χ4v) is 4.27. The van der Waals surface area contributed by atoms with Crippen LogP contribution in [0, 0.1) is 0 Å². The first-order valence-electron chi connectivity index (χ1n) is 7.96. The molecule has 1 nitrogen and oxygen atoms in total. The standard InChI is InChI=1S/C20H22ClNS.ClH/c1-22(2)14-16-11-12-23-20-6-4-3-5-18(20)19(16)13-15-7-9-17(21)10-8-15;/h3-10H,11-14H2,1-2H3;1H. The molecule has 3 rings (SSSR count). The summed E-state index contributed by atoms with van der Waals surface area (Å²) in [5.74, 6) is 1.16. The molecular weight excluding hydrogens is 357 g/mol. The van der Waals surface area contributed by atoms with Gasteiger partial charge in [-0.2, -0.15) is 0 Å². The van der Waals surface area contributed by atoms with Crippen molar-refractivity contribution in [1.82, 2.24) is 4.90 Å². The normalized spacial score (nSPS) is 14.2. The van der Waals surface area contributed by atoms with E-state index in [1.807, 2.05) is 23.9 Å².